The average Bonchev–Trinajstić information content (AvgIpc) is 2.42. The molecule has 0 unspecified atom stereocenters. The number of halogens is 2. The maximum atomic E-state index is 13.5. The van der Waals surface area contributed by atoms with Gasteiger partial charge in [0.2, 0.25) is 0 Å². The zero-order valence-electron chi connectivity index (χ0n) is 11.3. The third kappa shape index (κ3) is 2.97. The number of benzene rings is 2. The van der Waals surface area contributed by atoms with E-state index in [1.807, 2.05) is 0 Å². The monoisotopic (exact) mass is 312 g/mol. The van der Waals surface area contributed by atoms with Crippen molar-refractivity contribution in [3.05, 3.63) is 54.1 Å². The van der Waals surface area contributed by atoms with Gasteiger partial charge in [0.25, 0.3) is 10.0 Å². The van der Waals surface area contributed by atoms with E-state index in [-0.39, 0.29) is 22.8 Å². The van der Waals surface area contributed by atoms with Crippen LogP contribution in [0.15, 0.2) is 47.4 Å². The molecular formula is C14H14F2N2O2S. The first-order valence-corrected chi connectivity index (χ1v) is 7.63. The largest absolute Gasteiger partial charge is 0.396 e. The first-order chi connectivity index (χ1) is 9.86. The number of anilines is 2. The molecule has 0 atom stereocenters. The highest BCUT2D eigenvalue weighted by molar-refractivity contribution is 7.92. The second-order valence-electron chi connectivity index (χ2n) is 4.33. The second kappa shape index (κ2) is 5.69. The molecule has 0 bridgehead atoms. The number of rotatable bonds is 4. The Morgan fingerprint density at radius 1 is 1.14 bits per heavy atom. The minimum Gasteiger partial charge on any atom is -0.396 e. The van der Waals surface area contributed by atoms with E-state index in [0.717, 1.165) is 16.4 Å². The first-order valence-electron chi connectivity index (χ1n) is 6.19. The van der Waals surface area contributed by atoms with Crippen molar-refractivity contribution in [2.45, 2.75) is 11.8 Å². The number of nitrogens with zero attached hydrogens (tertiary/aromatic N) is 1. The summed E-state index contributed by atoms with van der Waals surface area (Å²) in [6.45, 7) is 1.69. The van der Waals surface area contributed by atoms with Crippen molar-refractivity contribution in [3.63, 3.8) is 0 Å². The molecule has 2 aromatic rings. The molecule has 0 aliphatic carbocycles. The first kappa shape index (κ1) is 15.2. The van der Waals surface area contributed by atoms with Gasteiger partial charge in [0.15, 0.2) is 0 Å². The van der Waals surface area contributed by atoms with Gasteiger partial charge in [-0.2, -0.15) is 0 Å². The zero-order valence-corrected chi connectivity index (χ0v) is 12.1. The molecule has 2 aromatic carbocycles. The Hall–Kier alpha value is -2.15. The van der Waals surface area contributed by atoms with E-state index in [1.54, 1.807) is 6.92 Å². The Labute approximate surface area is 121 Å². The Morgan fingerprint density at radius 3 is 2.43 bits per heavy atom. The Balaban J connectivity index is 2.51. The van der Waals surface area contributed by atoms with Crippen molar-refractivity contribution in [1.29, 1.82) is 0 Å². The molecule has 0 radical (unpaired) electrons. The van der Waals surface area contributed by atoms with Crippen molar-refractivity contribution in [3.8, 4) is 0 Å². The molecule has 112 valence electrons. The second-order valence-corrected chi connectivity index (χ2v) is 6.20. The lowest BCUT2D eigenvalue weighted by molar-refractivity contribution is 0.587. The molecule has 2 rings (SSSR count). The van der Waals surface area contributed by atoms with Crippen molar-refractivity contribution < 1.29 is 17.2 Å². The maximum absolute atomic E-state index is 13.5. The van der Waals surface area contributed by atoms with Crippen molar-refractivity contribution >= 4 is 21.4 Å². The molecule has 2 N–H and O–H groups in total. The number of sulfonamides is 1. The number of nitrogens with two attached hydrogens (primary N) is 1. The Bertz CT molecular complexity index is 763. The average molecular weight is 312 g/mol. The van der Waals surface area contributed by atoms with Crippen LogP contribution in [-0.2, 0) is 10.0 Å². The molecule has 0 fully saturated rings. The summed E-state index contributed by atoms with van der Waals surface area (Å²) in [6.07, 6.45) is 0. The lowest BCUT2D eigenvalue weighted by Crippen LogP contribution is -2.30. The van der Waals surface area contributed by atoms with Gasteiger partial charge in [-0.05, 0) is 43.3 Å². The van der Waals surface area contributed by atoms with Crippen LogP contribution in [0.2, 0.25) is 0 Å². The van der Waals surface area contributed by atoms with Gasteiger partial charge in [0, 0.05) is 6.54 Å². The molecule has 0 aromatic heterocycles. The predicted molar refractivity (Wildman–Crippen MR) is 77.4 cm³/mol. The molecule has 0 aliphatic rings. The molecule has 0 spiro atoms. The van der Waals surface area contributed by atoms with E-state index < -0.39 is 21.7 Å². The summed E-state index contributed by atoms with van der Waals surface area (Å²) in [7, 11) is -3.99. The van der Waals surface area contributed by atoms with E-state index in [0.29, 0.717) is 0 Å². The molecule has 0 saturated heterocycles. The van der Waals surface area contributed by atoms with Crippen LogP contribution in [0.3, 0.4) is 0 Å². The molecule has 21 heavy (non-hydrogen) atoms. The summed E-state index contributed by atoms with van der Waals surface area (Å²) < 4.78 is 52.8. The summed E-state index contributed by atoms with van der Waals surface area (Å²) in [6, 6.07) is 8.45. The van der Waals surface area contributed by atoms with Gasteiger partial charge in [-0.25, -0.2) is 17.2 Å². The quantitative estimate of drug-likeness (QED) is 0.883. The highest BCUT2D eigenvalue weighted by Crippen LogP contribution is 2.25. The van der Waals surface area contributed by atoms with Crippen molar-refractivity contribution in [2.75, 3.05) is 16.6 Å². The van der Waals surface area contributed by atoms with Gasteiger partial charge in [0.05, 0.1) is 16.3 Å². The fraction of sp³-hybridized carbons (Fsp3) is 0.143. The van der Waals surface area contributed by atoms with Crippen LogP contribution < -0.4 is 10.0 Å². The highest BCUT2D eigenvalue weighted by Gasteiger charge is 2.24. The van der Waals surface area contributed by atoms with Gasteiger partial charge < -0.3 is 5.73 Å². The van der Waals surface area contributed by atoms with Crippen molar-refractivity contribution in [2.24, 2.45) is 0 Å². The summed E-state index contributed by atoms with van der Waals surface area (Å²) in [5.41, 5.74) is 5.38. The summed E-state index contributed by atoms with van der Waals surface area (Å²) >= 11 is 0. The van der Waals surface area contributed by atoms with Gasteiger partial charge in [-0.15, -0.1) is 0 Å². The summed E-state index contributed by atoms with van der Waals surface area (Å²) in [4.78, 5) is -0.236. The SMILES string of the molecule is CCN(c1cccc(F)c1)S(=O)(=O)c1ccc(N)c(F)c1. The van der Waals surface area contributed by atoms with Gasteiger partial charge in [0.1, 0.15) is 11.6 Å². The molecule has 7 heteroatoms. The molecule has 0 amide bonds. The molecule has 4 nitrogen and oxygen atoms in total. The molecular weight excluding hydrogens is 298 g/mol. The van der Waals surface area contributed by atoms with E-state index in [2.05, 4.69) is 0 Å². The Kier molecular flexibility index (Phi) is 4.13. The topological polar surface area (TPSA) is 63.4 Å². The fourth-order valence-corrected chi connectivity index (χ4v) is 3.40. The maximum Gasteiger partial charge on any atom is 0.264 e. The van der Waals surface area contributed by atoms with E-state index in [1.165, 1.54) is 30.3 Å². The fourth-order valence-electron chi connectivity index (χ4n) is 1.92. The zero-order chi connectivity index (χ0) is 15.6. The molecule has 0 heterocycles. The smallest absolute Gasteiger partial charge is 0.264 e. The number of hydrogen-bond donors (Lipinski definition) is 1. The van der Waals surface area contributed by atoms with Crippen LogP contribution in [0.25, 0.3) is 0 Å². The van der Waals surface area contributed by atoms with Crippen LogP contribution in [-0.4, -0.2) is 15.0 Å². The van der Waals surface area contributed by atoms with Crippen LogP contribution in [0.1, 0.15) is 6.92 Å². The minimum atomic E-state index is -3.99. The van der Waals surface area contributed by atoms with E-state index in [9.17, 15) is 17.2 Å². The number of hydrogen-bond acceptors (Lipinski definition) is 3. The highest BCUT2D eigenvalue weighted by atomic mass is 32.2. The third-order valence-electron chi connectivity index (χ3n) is 2.94. The van der Waals surface area contributed by atoms with Gasteiger partial charge in [-0.3, -0.25) is 4.31 Å². The Morgan fingerprint density at radius 2 is 1.86 bits per heavy atom. The summed E-state index contributed by atoms with van der Waals surface area (Å²) in [5, 5.41) is 0. The van der Waals surface area contributed by atoms with Gasteiger partial charge >= 0.3 is 0 Å². The molecule has 0 aliphatic heterocycles. The number of nitrogen functional groups attached to an aromatic ring is 1. The third-order valence-corrected chi connectivity index (χ3v) is 4.84. The lowest BCUT2D eigenvalue weighted by Gasteiger charge is -2.23. The minimum absolute atomic E-state index is 0.0811. The van der Waals surface area contributed by atoms with Crippen LogP contribution in [0, 0.1) is 11.6 Å². The van der Waals surface area contributed by atoms with Crippen LogP contribution >= 0.6 is 0 Å². The molecule has 0 saturated carbocycles. The normalized spacial score (nSPS) is 11.4. The standard InChI is InChI=1S/C14H14F2N2O2S/c1-2-18(11-5-3-4-10(15)8-11)21(19,20)12-6-7-14(17)13(16)9-12/h3-9H,2,17H2,1H3. The van der Waals surface area contributed by atoms with Crippen LogP contribution in [0.4, 0.5) is 20.2 Å². The lowest BCUT2D eigenvalue weighted by atomic mass is 10.3. The van der Waals surface area contributed by atoms with Gasteiger partial charge in [-0.1, -0.05) is 6.07 Å². The summed E-state index contributed by atoms with van der Waals surface area (Å²) in [5.74, 6) is -1.36. The van der Waals surface area contributed by atoms with E-state index in [4.69, 9.17) is 5.73 Å². The van der Waals surface area contributed by atoms with Crippen molar-refractivity contribution in [1.82, 2.24) is 0 Å². The van der Waals surface area contributed by atoms with Crippen LogP contribution in [0.5, 0.6) is 0 Å². The van der Waals surface area contributed by atoms with E-state index >= 15 is 0 Å². The predicted octanol–water partition coefficient (Wildman–Crippen LogP) is 2.76.